The maximum absolute atomic E-state index is 13.1. The second-order valence-electron chi connectivity index (χ2n) is 10.8. The van der Waals surface area contributed by atoms with Gasteiger partial charge in [0.1, 0.15) is 5.78 Å². The van der Waals surface area contributed by atoms with E-state index in [0.29, 0.717) is 36.9 Å². The molecule has 0 N–H and O–H groups in total. The van der Waals surface area contributed by atoms with Crippen molar-refractivity contribution in [3.8, 4) is 0 Å². The first kappa shape index (κ1) is 22.5. The Labute approximate surface area is 184 Å². The van der Waals surface area contributed by atoms with Gasteiger partial charge < -0.3 is 9.47 Å². The molecular weight excluding hydrogens is 396 g/mol. The summed E-state index contributed by atoms with van der Waals surface area (Å²) in [7, 11) is 0. The molecule has 0 saturated heterocycles. The molecule has 6 heteroatoms. The quantitative estimate of drug-likeness (QED) is 0.627. The fourth-order valence-corrected chi connectivity index (χ4v) is 8.26. The molecule has 4 fully saturated rings. The lowest BCUT2D eigenvalue weighted by Gasteiger charge is -2.61. The topological polar surface area (TPSA) is 86.7 Å². The summed E-state index contributed by atoms with van der Waals surface area (Å²) in [5, 5.41) is 0. The predicted octanol–water partition coefficient (Wildman–Crippen LogP) is 3.89. The van der Waals surface area contributed by atoms with E-state index in [1.54, 1.807) is 0 Å². The van der Waals surface area contributed by atoms with E-state index in [0.717, 1.165) is 32.1 Å². The highest BCUT2D eigenvalue weighted by Crippen LogP contribution is 2.67. The summed E-state index contributed by atoms with van der Waals surface area (Å²) in [6.45, 7) is 7.43. The van der Waals surface area contributed by atoms with Crippen molar-refractivity contribution in [2.24, 2.45) is 40.4 Å². The van der Waals surface area contributed by atoms with Crippen LogP contribution in [0.15, 0.2) is 0 Å². The lowest BCUT2D eigenvalue weighted by Crippen LogP contribution is -2.59. The lowest BCUT2D eigenvalue weighted by molar-refractivity contribution is -0.185. The molecule has 172 valence electrons. The summed E-state index contributed by atoms with van der Waals surface area (Å²) in [6, 6.07) is 0. The van der Waals surface area contributed by atoms with Crippen molar-refractivity contribution in [3.63, 3.8) is 0 Å². The van der Waals surface area contributed by atoms with Crippen LogP contribution in [0.5, 0.6) is 0 Å². The molecule has 0 aromatic heterocycles. The SMILES string of the molecule is CC[C@H]1C(=O)C[C@@H]2[C@H]3CC[C@@H]4C[C@H](OC(C)=O)C(=O)C[C@]4(COC(C)=O)[C@H]3CC[C@@]21C. The molecule has 4 rings (SSSR count). The normalized spacial score (nSPS) is 44.1. The number of Topliss-reactive ketones (excluding diaryl/α,β-unsaturated/α-hetero) is 2. The van der Waals surface area contributed by atoms with Crippen molar-refractivity contribution in [2.45, 2.75) is 85.2 Å². The fourth-order valence-electron chi connectivity index (χ4n) is 8.26. The Morgan fingerprint density at radius 1 is 1.03 bits per heavy atom. The Morgan fingerprint density at radius 3 is 2.42 bits per heavy atom. The first-order valence-corrected chi connectivity index (χ1v) is 12.0. The summed E-state index contributed by atoms with van der Waals surface area (Å²) in [5.41, 5.74) is -0.363. The van der Waals surface area contributed by atoms with Crippen molar-refractivity contribution in [3.05, 3.63) is 0 Å². The second kappa shape index (κ2) is 8.00. The van der Waals surface area contributed by atoms with E-state index in [1.165, 1.54) is 13.8 Å². The van der Waals surface area contributed by atoms with Crippen LogP contribution in [-0.4, -0.2) is 36.2 Å². The molecule has 0 aromatic carbocycles. The molecule has 31 heavy (non-hydrogen) atoms. The van der Waals surface area contributed by atoms with Gasteiger partial charge in [0.25, 0.3) is 0 Å². The zero-order chi connectivity index (χ0) is 22.6. The molecule has 0 radical (unpaired) electrons. The maximum atomic E-state index is 13.1. The van der Waals surface area contributed by atoms with Gasteiger partial charge >= 0.3 is 11.9 Å². The molecule has 0 unspecified atom stereocenters. The summed E-state index contributed by atoms with van der Waals surface area (Å²) in [6.07, 6.45) is 5.56. The molecule has 0 bridgehead atoms. The van der Waals surface area contributed by atoms with E-state index in [4.69, 9.17) is 9.47 Å². The third-order valence-corrected chi connectivity index (χ3v) is 9.50. The summed E-state index contributed by atoms with van der Waals surface area (Å²) < 4.78 is 10.9. The van der Waals surface area contributed by atoms with Crippen LogP contribution < -0.4 is 0 Å². The Balaban J connectivity index is 1.66. The molecular formula is C25H36O6. The molecule has 4 aliphatic carbocycles. The average Bonchev–Trinajstić information content (AvgIpc) is 2.96. The van der Waals surface area contributed by atoms with E-state index < -0.39 is 17.5 Å². The molecule has 6 nitrogen and oxygen atoms in total. The predicted molar refractivity (Wildman–Crippen MR) is 113 cm³/mol. The molecule has 8 atom stereocenters. The van der Waals surface area contributed by atoms with Gasteiger partial charge in [-0.1, -0.05) is 13.8 Å². The summed E-state index contributed by atoms with van der Waals surface area (Å²) in [5.74, 6) is 0.901. The molecule has 0 amide bonds. The van der Waals surface area contributed by atoms with Gasteiger partial charge in [0.15, 0.2) is 11.9 Å². The number of hydrogen-bond acceptors (Lipinski definition) is 6. The minimum absolute atomic E-state index is 0.0431. The van der Waals surface area contributed by atoms with E-state index in [1.807, 2.05) is 0 Å². The Morgan fingerprint density at radius 2 is 1.77 bits per heavy atom. The van der Waals surface area contributed by atoms with Gasteiger partial charge in [0.2, 0.25) is 0 Å². The van der Waals surface area contributed by atoms with Crippen molar-refractivity contribution >= 4 is 23.5 Å². The van der Waals surface area contributed by atoms with Gasteiger partial charge in [-0.3, -0.25) is 19.2 Å². The van der Waals surface area contributed by atoms with E-state index in [9.17, 15) is 19.2 Å². The number of carbonyl (C=O) groups excluding carboxylic acids is 4. The van der Waals surface area contributed by atoms with Crippen molar-refractivity contribution in [2.75, 3.05) is 6.61 Å². The van der Waals surface area contributed by atoms with Crippen LogP contribution >= 0.6 is 0 Å². The largest absolute Gasteiger partial charge is 0.465 e. The molecule has 4 saturated carbocycles. The van der Waals surface area contributed by atoms with Gasteiger partial charge in [-0.05, 0) is 67.6 Å². The smallest absolute Gasteiger partial charge is 0.303 e. The number of hydrogen-bond donors (Lipinski definition) is 0. The average molecular weight is 433 g/mol. The van der Waals surface area contributed by atoms with Crippen LogP contribution in [-0.2, 0) is 28.7 Å². The van der Waals surface area contributed by atoms with Gasteiger partial charge in [-0.2, -0.15) is 0 Å². The standard InChI is InChI=1S/C25H36O6/c1-5-18-21(28)11-20-17-7-6-16-10-23(31-15(3)27)22(29)12-25(16,13-30-14(2)26)19(17)8-9-24(18,20)4/h16-20,23H,5-13H2,1-4H3/t16-,17+,18+,19+,20-,23+,24-,25-/m1/s1. The van der Waals surface area contributed by atoms with E-state index >= 15 is 0 Å². The number of rotatable bonds is 4. The minimum atomic E-state index is -0.684. The van der Waals surface area contributed by atoms with Crippen LogP contribution in [0.3, 0.4) is 0 Å². The van der Waals surface area contributed by atoms with Crippen LogP contribution in [0.1, 0.15) is 79.1 Å². The number of ether oxygens (including phenoxy) is 2. The second-order valence-corrected chi connectivity index (χ2v) is 10.8. The highest BCUT2D eigenvalue weighted by Gasteiger charge is 2.64. The first-order chi connectivity index (χ1) is 14.6. The van der Waals surface area contributed by atoms with Crippen LogP contribution in [0.2, 0.25) is 0 Å². The highest BCUT2D eigenvalue weighted by molar-refractivity contribution is 5.87. The molecule has 0 heterocycles. The Kier molecular flexibility index (Phi) is 5.80. The Bertz CT molecular complexity index is 789. The van der Waals surface area contributed by atoms with Gasteiger partial charge in [-0.25, -0.2) is 0 Å². The minimum Gasteiger partial charge on any atom is -0.465 e. The van der Waals surface area contributed by atoms with Gasteiger partial charge in [0, 0.05) is 38.0 Å². The van der Waals surface area contributed by atoms with E-state index in [-0.39, 0.29) is 41.5 Å². The first-order valence-electron chi connectivity index (χ1n) is 12.0. The van der Waals surface area contributed by atoms with E-state index in [2.05, 4.69) is 13.8 Å². The van der Waals surface area contributed by atoms with Crippen LogP contribution in [0.4, 0.5) is 0 Å². The van der Waals surface area contributed by atoms with Crippen molar-refractivity contribution in [1.29, 1.82) is 0 Å². The Hall–Kier alpha value is -1.72. The van der Waals surface area contributed by atoms with Crippen molar-refractivity contribution in [1.82, 2.24) is 0 Å². The highest BCUT2D eigenvalue weighted by atomic mass is 16.5. The fraction of sp³-hybridized carbons (Fsp3) is 0.840. The molecule has 4 aliphatic rings. The number of carbonyl (C=O) groups is 4. The molecule has 0 aliphatic heterocycles. The van der Waals surface area contributed by atoms with Crippen LogP contribution in [0.25, 0.3) is 0 Å². The third kappa shape index (κ3) is 3.54. The summed E-state index contributed by atoms with van der Waals surface area (Å²) >= 11 is 0. The number of esters is 2. The number of ketones is 2. The van der Waals surface area contributed by atoms with Crippen LogP contribution in [0, 0.1) is 40.4 Å². The summed E-state index contributed by atoms with van der Waals surface area (Å²) in [4.78, 5) is 49.2. The monoisotopic (exact) mass is 432 g/mol. The lowest BCUT2D eigenvalue weighted by atomic mass is 9.44. The zero-order valence-corrected chi connectivity index (χ0v) is 19.3. The van der Waals surface area contributed by atoms with Crippen molar-refractivity contribution < 1.29 is 28.7 Å². The van der Waals surface area contributed by atoms with Gasteiger partial charge in [0.05, 0.1) is 6.61 Å². The third-order valence-electron chi connectivity index (χ3n) is 9.50. The zero-order valence-electron chi connectivity index (χ0n) is 19.3. The molecule has 0 aromatic rings. The number of fused-ring (bicyclic) bond motifs is 5. The maximum Gasteiger partial charge on any atom is 0.303 e. The van der Waals surface area contributed by atoms with Gasteiger partial charge in [-0.15, -0.1) is 0 Å². The molecule has 0 spiro atoms.